The number of fused-ring (bicyclic) bond motifs is 2. The predicted molar refractivity (Wildman–Crippen MR) is 111 cm³/mol. The molecule has 0 unspecified atom stereocenters. The Labute approximate surface area is 178 Å². The number of ether oxygens (including phenoxy) is 2. The summed E-state index contributed by atoms with van der Waals surface area (Å²) in [6.07, 6.45) is 1.15. The second-order valence-electron chi connectivity index (χ2n) is 6.24. The topological polar surface area (TPSA) is 138 Å². The van der Waals surface area contributed by atoms with Gasteiger partial charge in [0.2, 0.25) is 11.6 Å². The highest BCUT2D eigenvalue weighted by molar-refractivity contribution is 7.22. The molecule has 12 heteroatoms. The maximum Gasteiger partial charge on any atom is 0.361 e. The molecule has 1 N–H and O–H groups in total. The zero-order valence-corrected chi connectivity index (χ0v) is 17.4. The van der Waals surface area contributed by atoms with Crippen molar-refractivity contribution in [1.82, 2.24) is 19.7 Å². The third-order valence-electron chi connectivity index (χ3n) is 4.16. The molecule has 0 aliphatic rings. The second kappa shape index (κ2) is 8.52. The fraction of sp³-hybridized carbons (Fsp3) is 0.263. The van der Waals surface area contributed by atoms with Crippen LogP contribution in [-0.4, -0.2) is 44.8 Å². The third-order valence-corrected chi connectivity index (χ3v) is 5.10. The molecule has 0 saturated carbocycles. The summed E-state index contributed by atoms with van der Waals surface area (Å²) >= 11 is 1.28. The molecule has 3 aromatic heterocycles. The molecule has 160 valence electrons. The van der Waals surface area contributed by atoms with E-state index in [0.717, 1.165) is 15.6 Å². The summed E-state index contributed by atoms with van der Waals surface area (Å²) in [6.45, 7) is 3.84. The minimum atomic E-state index is -0.803. The van der Waals surface area contributed by atoms with Crippen LogP contribution in [0.2, 0.25) is 0 Å². The van der Waals surface area contributed by atoms with Crippen molar-refractivity contribution in [3.8, 4) is 5.75 Å². The van der Waals surface area contributed by atoms with Gasteiger partial charge in [-0.05, 0) is 32.0 Å². The fourth-order valence-corrected chi connectivity index (χ4v) is 3.77. The van der Waals surface area contributed by atoms with Gasteiger partial charge in [0.1, 0.15) is 24.0 Å². The number of aromatic nitrogens is 4. The number of amides is 1. The highest BCUT2D eigenvalue weighted by Gasteiger charge is 2.23. The lowest BCUT2D eigenvalue weighted by atomic mass is 10.3. The van der Waals surface area contributed by atoms with Crippen molar-refractivity contribution in [1.29, 1.82) is 0 Å². The monoisotopic (exact) mass is 443 g/mol. The quantitative estimate of drug-likeness (QED) is 0.426. The van der Waals surface area contributed by atoms with Crippen LogP contribution >= 0.6 is 11.3 Å². The Kier molecular flexibility index (Phi) is 5.62. The molecular weight excluding hydrogens is 426 g/mol. The molecule has 31 heavy (non-hydrogen) atoms. The lowest BCUT2D eigenvalue weighted by Gasteiger charge is -2.04. The van der Waals surface area contributed by atoms with E-state index in [9.17, 15) is 14.4 Å². The van der Waals surface area contributed by atoms with Gasteiger partial charge in [-0.3, -0.25) is 14.2 Å². The van der Waals surface area contributed by atoms with Crippen LogP contribution < -0.4 is 15.6 Å². The minimum Gasteiger partial charge on any atom is -0.494 e. The van der Waals surface area contributed by atoms with Gasteiger partial charge < -0.3 is 19.3 Å². The largest absolute Gasteiger partial charge is 0.494 e. The third kappa shape index (κ3) is 4.10. The van der Waals surface area contributed by atoms with E-state index in [1.807, 2.05) is 13.0 Å². The standard InChI is InChI=1S/C19H17N5O6S/c1-3-28-10-5-6-11-12(7-10)31-19(21-11)22-13(25)8-24-9-20-16-14(17(24)26)15(23-30-16)18(27)29-4-2/h5-7,9H,3-4,8H2,1-2H3,(H,21,22,25). The van der Waals surface area contributed by atoms with Gasteiger partial charge in [0.25, 0.3) is 11.3 Å². The number of rotatable bonds is 7. The van der Waals surface area contributed by atoms with Crippen molar-refractivity contribution in [2.75, 3.05) is 18.5 Å². The first-order valence-corrected chi connectivity index (χ1v) is 10.2. The Balaban J connectivity index is 1.55. The van der Waals surface area contributed by atoms with Crippen LogP contribution in [0.5, 0.6) is 5.75 Å². The van der Waals surface area contributed by atoms with Crippen LogP contribution in [0, 0.1) is 0 Å². The van der Waals surface area contributed by atoms with Gasteiger partial charge in [-0.1, -0.05) is 16.5 Å². The maximum atomic E-state index is 12.8. The molecule has 0 radical (unpaired) electrons. The Hall–Kier alpha value is -3.80. The van der Waals surface area contributed by atoms with E-state index < -0.39 is 17.4 Å². The first-order valence-electron chi connectivity index (χ1n) is 9.35. The maximum absolute atomic E-state index is 12.8. The van der Waals surface area contributed by atoms with Gasteiger partial charge in [-0.2, -0.15) is 0 Å². The highest BCUT2D eigenvalue weighted by Crippen LogP contribution is 2.29. The van der Waals surface area contributed by atoms with Gasteiger partial charge >= 0.3 is 5.97 Å². The highest BCUT2D eigenvalue weighted by atomic mass is 32.1. The van der Waals surface area contributed by atoms with E-state index in [2.05, 4.69) is 20.4 Å². The number of hydrogen-bond donors (Lipinski definition) is 1. The minimum absolute atomic E-state index is 0.109. The van der Waals surface area contributed by atoms with Gasteiger partial charge in [0.15, 0.2) is 5.13 Å². The molecule has 0 aliphatic carbocycles. The molecule has 0 bridgehead atoms. The van der Waals surface area contributed by atoms with Crippen LogP contribution in [0.15, 0.2) is 33.8 Å². The molecule has 0 fully saturated rings. The first kappa shape index (κ1) is 20.5. The van der Waals surface area contributed by atoms with Crippen LogP contribution in [0.4, 0.5) is 5.13 Å². The summed E-state index contributed by atoms with van der Waals surface area (Å²) in [7, 11) is 0. The molecule has 0 saturated heterocycles. The fourth-order valence-electron chi connectivity index (χ4n) is 2.86. The zero-order valence-electron chi connectivity index (χ0n) is 16.6. The van der Waals surface area contributed by atoms with Gasteiger partial charge in [-0.25, -0.2) is 14.8 Å². The van der Waals surface area contributed by atoms with Gasteiger partial charge in [0, 0.05) is 0 Å². The van der Waals surface area contributed by atoms with Crippen LogP contribution in [0.3, 0.4) is 0 Å². The number of thiazole rings is 1. The summed E-state index contributed by atoms with van der Waals surface area (Å²) in [5, 5.41) is 6.47. The first-order chi connectivity index (χ1) is 15.0. The second-order valence-corrected chi connectivity index (χ2v) is 7.27. The molecule has 1 amide bonds. The number of benzene rings is 1. The number of anilines is 1. The predicted octanol–water partition coefficient (Wildman–Crippen LogP) is 2.21. The van der Waals surface area contributed by atoms with E-state index in [1.54, 1.807) is 19.1 Å². The molecule has 3 heterocycles. The van der Waals surface area contributed by atoms with E-state index in [1.165, 1.54) is 11.3 Å². The van der Waals surface area contributed by atoms with Crippen molar-refractivity contribution in [2.45, 2.75) is 20.4 Å². The normalized spacial score (nSPS) is 11.0. The van der Waals surface area contributed by atoms with Crippen molar-refractivity contribution < 1.29 is 23.6 Å². The van der Waals surface area contributed by atoms with E-state index in [4.69, 9.17) is 14.0 Å². The van der Waals surface area contributed by atoms with Crippen molar-refractivity contribution >= 4 is 49.7 Å². The summed E-state index contributed by atoms with van der Waals surface area (Å²) in [6, 6.07) is 5.45. The number of esters is 1. The Morgan fingerprint density at radius 3 is 2.87 bits per heavy atom. The lowest BCUT2D eigenvalue weighted by molar-refractivity contribution is -0.116. The smallest absolute Gasteiger partial charge is 0.361 e. The van der Waals surface area contributed by atoms with E-state index >= 15 is 0 Å². The summed E-state index contributed by atoms with van der Waals surface area (Å²) in [5.74, 6) is -0.571. The molecule has 0 aliphatic heterocycles. The summed E-state index contributed by atoms with van der Waals surface area (Å²) in [4.78, 5) is 45.5. The number of hydrogen-bond acceptors (Lipinski definition) is 10. The average Bonchev–Trinajstić information content (AvgIpc) is 3.34. The molecule has 11 nitrogen and oxygen atoms in total. The average molecular weight is 443 g/mol. The molecule has 0 spiro atoms. The Morgan fingerprint density at radius 1 is 1.26 bits per heavy atom. The van der Waals surface area contributed by atoms with Crippen LogP contribution in [-0.2, 0) is 16.1 Å². The number of nitrogens with one attached hydrogen (secondary N) is 1. The molecular formula is C19H17N5O6S. The Bertz CT molecular complexity index is 1340. The Morgan fingerprint density at radius 2 is 2.10 bits per heavy atom. The van der Waals surface area contributed by atoms with Gasteiger partial charge in [0.05, 0.1) is 23.4 Å². The van der Waals surface area contributed by atoms with Crippen LogP contribution in [0.1, 0.15) is 24.3 Å². The number of carbonyl (C=O) groups is 2. The SMILES string of the molecule is CCOC(=O)c1noc2ncn(CC(=O)Nc3nc4ccc(OCC)cc4s3)c(=O)c12. The van der Waals surface area contributed by atoms with Crippen molar-refractivity contribution in [3.05, 3.63) is 40.6 Å². The molecule has 4 rings (SSSR count). The van der Waals surface area contributed by atoms with E-state index in [-0.39, 0.29) is 29.9 Å². The van der Waals surface area contributed by atoms with Gasteiger partial charge in [-0.15, -0.1) is 0 Å². The molecule has 0 atom stereocenters. The number of carbonyl (C=O) groups excluding carboxylic acids is 2. The zero-order chi connectivity index (χ0) is 22.0. The molecule has 1 aromatic carbocycles. The number of nitrogens with zero attached hydrogens (tertiary/aromatic N) is 4. The summed E-state index contributed by atoms with van der Waals surface area (Å²) in [5.41, 5.74) is -0.316. The van der Waals surface area contributed by atoms with E-state index in [0.29, 0.717) is 23.0 Å². The van der Waals surface area contributed by atoms with Crippen molar-refractivity contribution in [2.24, 2.45) is 0 Å². The summed E-state index contributed by atoms with van der Waals surface area (Å²) < 4.78 is 17.2. The van der Waals surface area contributed by atoms with Crippen molar-refractivity contribution in [3.63, 3.8) is 0 Å². The lowest BCUT2D eigenvalue weighted by Crippen LogP contribution is -2.28. The molecule has 4 aromatic rings. The van der Waals surface area contributed by atoms with Crippen LogP contribution in [0.25, 0.3) is 21.3 Å².